The third kappa shape index (κ3) is 3.92. The molecule has 4 rings (SSSR count). The summed E-state index contributed by atoms with van der Waals surface area (Å²) in [5.41, 5.74) is -0.482. The van der Waals surface area contributed by atoms with Crippen molar-refractivity contribution in [2.24, 2.45) is 5.41 Å². The number of nitrogens with one attached hydrogen (secondary N) is 1. The quantitative estimate of drug-likeness (QED) is 0.684. The molecule has 2 fully saturated rings. The van der Waals surface area contributed by atoms with Crippen LogP contribution in [-0.2, 0) is 0 Å². The Labute approximate surface area is 180 Å². The molecule has 2 aromatic rings. The van der Waals surface area contributed by atoms with Gasteiger partial charge in [0, 0.05) is 25.7 Å². The van der Waals surface area contributed by atoms with Crippen molar-refractivity contribution in [2.45, 2.75) is 32.2 Å². The molecule has 1 saturated carbocycles. The topological polar surface area (TPSA) is 74.9 Å². The highest BCUT2D eigenvalue weighted by Crippen LogP contribution is 2.44. The summed E-state index contributed by atoms with van der Waals surface area (Å²) in [7, 11) is 3.45. The Bertz CT molecular complexity index is 1160. The lowest BCUT2D eigenvalue weighted by molar-refractivity contribution is 0.217. The zero-order chi connectivity index (χ0) is 22.3. The molecule has 8 nitrogen and oxygen atoms in total. The second kappa shape index (κ2) is 8.00. The maximum Gasteiger partial charge on any atom is 0.329 e. The van der Waals surface area contributed by atoms with Crippen LogP contribution in [0.15, 0.2) is 15.7 Å². The Kier molecular flexibility index (Phi) is 5.52. The largest absolute Gasteiger partial charge is 0.492 e. The van der Waals surface area contributed by atoms with Crippen molar-refractivity contribution in [3.8, 4) is 5.75 Å². The zero-order valence-electron chi connectivity index (χ0n) is 18.2. The average molecular weight is 429 g/mol. The molecule has 1 aromatic carbocycles. The first-order valence-electron chi connectivity index (χ1n) is 10.6. The molecule has 1 saturated heterocycles. The van der Waals surface area contributed by atoms with Crippen molar-refractivity contribution in [1.29, 1.82) is 0 Å². The highest BCUT2D eigenvalue weighted by molar-refractivity contribution is 5.91. The molecule has 2 heterocycles. The fourth-order valence-electron chi connectivity index (χ4n) is 4.81. The average Bonchev–Trinajstić information content (AvgIpc) is 3.48. The number of anilines is 1. The number of H-pyrrole nitrogens is 1. The van der Waals surface area contributed by atoms with Crippen LogP contribution in [-0.4, -0.2) is 61.3 Å². The summed E-state index contributed by atoms with van der Waals surface area (Å²) in [5, 5.41) is 0.130. The smallest absolute Gasteiger partial charge is 0.329 e. The molecule has 1 aliphatic heterocycles. The first-order valence-corrected chi connectivity index (χ1v) is 10.6. The van der Waals surface area contributed by atoms with Gasteiger partial charge >= 0.3 is 5.69 Å². The molecular formula is C22H28FN5O3. The van der Waals surface area contributed by atoms with Crippen molar-refractivity contribution in [3.05, 3.63) is 44.1 Å². The van der Waals surface area contributed by atoms with Gasteiger partial charge < -0.3 is 14.5 Å². The Balaban J connectivity index is 1.76. The first-order chi connectivity index (χ1) is 14.8. The summed E-state index contributed by atoms with van der Waals surface area (Å²) in [5.74, 6) is -0.280. The number of hydrogen-bond acceptors (Lipinski definition) is 5. The van der Waals surface area contributed by atoms with Crippen molar-refractivity contribution in [2.75, 3.05) is 51.8 Å². The summed E-state index contributed by atoms with van der Waals surface area (Å²) in [6, 6.07) is 1.22. The molecule has 1 aliphatic carbocycles. The van der Waals surface area contributed by atoms with E-state index in [0.29, 0.717) is 37.4 Å². The van der Waals surface area contributed by atoms with E-state index in [-0.39, 0.29) is 22.6 Å². The second-order valence-electron chi connectivity index (χ2n) is 9.10. The zero-order valence-corrected chi connectivity index (χ0v) is 18.2. The number of halogens is 1. The number of methoxy groups -OCH3 is 1. The number of ether oxygens (including phenoxy) is 1. The SMILES string of the molecule is [C-]#[N+]CCN(C)CC1(C)CCN(c2c(F)cc3c(=O)[nH]c(=O)n(C4CC4)c3c2OC)C1. The number of hydrogen-bond donors (Lipinski definition) is 1. The molecule has 1 N–H and O–H groups in total. The summed E-state index contributed by atoms with van der Waals surface area (Å²) < 4.78 is 22.5. The van der Waals surface area contributed by atoms with Gasteiger partial charge in [-0.05, 0) is 37.8 Å². The number of rotatable bonds is 7. The van der Waals surface area contributed by atoms with E-state index in [1.165, 1.54) is 13.2 Å². The van der Waals surface area contributed by atoms with Crippen LogP contribution in [0, 0.1) is 17.8 Å². The number of benzene rings is 1. The van der Waals surface area contributed by atoms with E-state index in [0.717, 1.165) is 25.8 Å². The summed E-state index contributed by atoms with van der Waals surface area (Å²) in [6.45, 7) is 12.3. The number of likely N-dealkylation sites (N-methyl/N-ethyl adjacent to an activating group) is 1. The Morgan fingerprint density at radius 3 is 2.81 bits per heavy atom. The van der Waals surface area contributed by atoms with Gasteiger partial charge in [-0.15, -0.1) is 0 Å². The maximum absolute atomic E-state index is 15.3. The molecule has 0 radical (unpaired) electrons. The molecular weight excluding hydrogens is 401 g/mol. The van der Waals surface area contributed by atoms with Crippen LogP contribution in [0.2, 0.25) is 0 Å². The Morgan fingerprint density at radius 2 is 2.16 bits per heavy atom. The predicted molar refractivity (Wildman–Crippen MR) is 118 cm³/mol. The number of aromatic amines is 1. The van der Waals surface area contributed by atoms with Gasteiger partial charge in [-0.25, -0.2) is 15.8 Å². The fraction of sp³-hybridized carbons (Fsp3) is 0.591. The number of nitrogens with zero attached hydrogens (tertiary/aromatic N) is 4. The van der Waals surface area contributed by atoms with Crippen LogP contribution in [0.4, 0.5) is 10.1 Å². The highest BCUT2D eigenvalue weighted by Gasteiger charge is 2.38. The fourth-order valence-corrected chi connectivity index (χ4v) is 4.81. The highest BCUT2D eigenvalue weighted by atomic mass is 19.1. The van der Waals surface area contributed by atoms with E-state index in [1.807, 2.05) is 11.9 Å². The van der Waals surface area contributed by atoms with Gasteiger partial charge in [0.1, 0.15) is 11.2 Å². The lowest BCUT2D eigenvalue weighted by Gasteiger charge is -2.30. The minimum atomic E-state index is -0.603. The second-order valence-corrected chi connectivity index (χ2v) is 9.10. The van der Waals surface area contributed by atoms with E-state index < -0.39 is 17.1 Å². The Morgan fingerprint density at radius 1 is 1.42 bits per heavy atom. The number of aromatic nitrogens is 2. The molecule has 9 heteroatoms. The predicted octanol–water partition coefficient (Wildman–Crippen LogP) is 2.24. The third-order valence-electron chi connectivity index (χ3n) is 6.34. The lowest BCUT2D eigenvalue weighted by Crippen LogP contribution is -2.37. The van der Waals surface area contributed by atoms with Crippen molar-refractivity contribution < 1.29 is 9.13 Å². The van der Waals surface area contributed by atoms with Crippen LogP contribution >= 0.6 is 0 Å². The molecule has 2 aliphatic rings. The normalized spacial score (nSPS) is 21.1. The van der Waals surface area contributed by atoms with Gasteiger partial charge in [-0.3, -0.25) is 19.2 Å². The molecule has 1 aromatic heterocycles. The molecule has 166 valence electrons. The summed E-state index contributed by atoms with van der Waals surface area (Å²) >= 11 is 0. The van der Waals surface area contributed by atoms with Crippen LogP contribution in [0.25, 0.3) is 15.7 Å². The summed E-state index contributed by atoms with van der Waals surface area (Å²) in [6.07, 6.45) is 2.55. The van der Waals surface area contributed by atoms with Crippen LogP contribution in [0.5, 0.6) is 5.75 Å². The maximum atomic E-state index is 15.3. The van der Waals surface area contributed by atoms with Gasteiger partial charge in [0.2, 0.25) is 6.54 Å². The van der Waals surface area contributed by atoms with Crippen molar-refractivity contribution in [1.82, 2.24) is 14.5 Å². The minimum Gasteiger partial charge on any atom is -0.492 e. The monoisotopic (exact) mass is 429 g/mol. The molecule has 0 spiro atoms. The molecule has 0 bridgehead atoms. The Hall–Kier alpha value is -2.86. The van der Waals surface area contributed by atoms with Gasteiger partial charge in [-0.2, -0.15) is 0 Å². The van der Waals surface area contributed by atoms with Crippen LogP contribution < -0.4 is 20.9 Å². The van der Waals surface area contributed by atoms with E-state index >= 15 is 4.39 Å². The van der Waals surface area contributed by atoms with E-state index in [9.17, 15) is 9.59 Å². The van der Waals surface area contributed by atoms with E-state index in [1.54, 1.807) is 4.57 Å². The molecule has 1 unspecified atom stereocenters. The van der Waals surface area contributed by atoms with Crippen LogP contribution in [0.3, 0.4) is 0 Å². The van der Waals surface area contributed by atoms with Gasteiger partial charge in [0.25, 0.3) is 5.56 Å². The third-order valence-corrected chi connectivity index (χ3v) is 6.34. The van der Waals surface area contributed by atoms with Crippen molar-refractivity contribution >= 4 is 16.6 Å². The molecule has 1 atom stereocenters. The number of fused-ring (bicyclic) bond motifs is 1. The first kappa shape index (κ1) is 21.4. The molecule has 0 amide bonds. The minimum absolute atomic E-state index is 0.000922. The van der Waals surface area contributed by atoms with Gasteiger partial charge in [-0.1, -0.05) is 6.92 Å². The lowest BCUT2D eigenvalue weighted by atomic mass is 9.89. The van der Waals surface area contributed by atoms with Gasteiger partial charge in [0.15, 0.2) is 11.6 Å². The molecule has 31 heavy (non-hydrogen) atoms. The van der Waals surface area contributed by atoms with Crippen LogP contribution in [0.1, 0.15) is 32.2 Å². The summed E-state index contributed by atoms with van der Waals surface area (Å²) in [4.78, 5) is 34.8. The van der Waals surface area contributed by atoms with E-state index in [2.05, 4.69) is 21.7 Å². The standard InChI is InChI=1S/C22H28FN5O3/c1-22(12-26(3)10-8-24-2)7-9-27(13-22)18-16(23)11-15-17(19(18)31-4)28(14-5-6-14)21(30)25-20(15)29/h11,14H,5-10,12-13H2,1,3-4H3,(H,25,29,30). The van der Waals surface area contributed by atoms with Crippen molar-refractivity contribution in [3.63, 3.8) is 0 Å². The van der Waals surface area contributed by atoms with E-state index in [4.69, 9.17) is 11.3 Å². The van der Waals surface area contributed by atoms with Gasteiger partial charge in [0.05, 0.1) is 19.0 Å².